The quantitative estimate of drug-likeness (QED) is 0.798. The fourth-order valence-electron chi connectivity index (χ4n) is 1.50. The number of hydrogen-bond donors (Lipinski definition) is 2. The summed E-state index contributed by atoms with van der Waals surface area (Å²) in [6.07, 6.45) is 0.964. The number of aliphatic carboxylic acids is 1. The Kier molecular flexibility index (Phi) is 4.05. The average Bonchev–Trinajstić information content (AvgIpc) is 2.25. The Labute approximate surface area is 93.5 Å². The summed E-state index contributed by atoms with van der Waals surface area (Å²) in [6, 6.07) is 5.15. The number of aromatic carboxylic acids is 1. The van der Waals surface area contributed by atoms with Crippen LogP contribution in [0.1, 0.15) is 34.8 Å². The SMILES string of the molecule is CCc1ccc(CCC(=O)O)c(C(=O)O)c1. The average molecular weight is 222 g/mol. The fourth-order valence-corrected chi connectivity index (χ4v) is 1.50. The Morgan fingerprint density at radius 2 is 1.94 bits per heavy atom. The van der Waals surface area contributed by atoms with Crippen LogP contribution in [0.2, 0.25) is 0 Å². The lowest BCUT2D eigenvalue weighted by atomic mass is 9.99. The predicted molar refractivity (Wildman–Crippen MR) is 58.7 cm³/mol. The third kappa shape index (κ3) is 3.08. The van der Waals surface area contributed by atoms with Crippen molar-refractivity contribution in [2.75, 3.05) is 0 Å². The van der Waals surface area contributed by atoms with Crippen molar-refractivity contribution in [1.82, 2.24) is 0 Å². The lowest BCUT2D eigenvalue weighted by Gasteiger charge is -2.06. The molecule has 0 atom stereocenters. The van der Waals surface area contributed by atoms with Gasteiger partial charge in [-0.3, -0.25) is 4.79 Å². The van der Waals surface area contributed by atoms with Gasteiger partial charge in [-0.2, -0.15) is 0 Å². The van der Waals surface area contributed by atoms with Crippen molar-refractivity contribution in [3.63, 3.8) is 0 Å². The Bertz CT molecular complexity index is 409. The standard InChI is InChI=1S/C12H14O4/c1-2-8-3-4-9(5-6-11(13)14)10(7-8)12(15)16/h3-4,7H,2,5-6H2,1H3,(H,13,14)(H,15,16). The lowest BCUT2D eigenvalue weighted by molar-refractivity contribution is -0.136. The van der Waals surface area contributed by atoms with Gasteiger partial charge in [0, 0.05) is 6.42 Å². The fraction of sp³-hybridized carbons (Fsp3) is 0.333. The second-order valence-corrected chi connectivity index (χ2v) is 3.54. The molecule has 0 saturated heterocycles. The summed E-state index contributed by atoms with van der Waals surface area (Å²) in [5.41, 5.74) is 1.73. The molecule has 16 heavy (non-hydrogen) atoms. The molecule has 2 N–H and O–H groups in total. The van der Waals surface area contributed by atoms with Crippen LogP contribution in [-0.4, -0.2) is 22.2 Å². The van der Waals surface area contributed by atoms with Gasteiger partial charge >= 0.3 is 11.9 Å². The lowest BCUT2D eigenvalue weighted by Crippen LogP contribution is -2.06. The maximum Gasteiger partial charge on any atom is 0.335 e. The maximum absolute atomic E-state index is 11.0. The number of aryl methyl sites for hydroxylation is 2. The minimum Gasteiger partial charge on any atom is -0.481 e. The number of hydrogen-bond acceptors (Lipinski definition) is 2. The highest BCUT2D eigenvalue weighted by molar-refractivity contribution is 5.89. The van der Waals surface area contributed by atoms with Crippen molar-refractivity contribution < 1.29 is 19.8 Å². The summed E-state index contributed by atoms with van der Waals surface area (Å²) in [5, 5.41) is 17.6. The number of rotatable bonds is 5. The third-order valence-electron chi connectivity index (χ3n) is 2.42. The molecule has 0 saturated carbocycles. The topological polar surface area (TPSA) is 74.6 Å². The Morgan fingerprint density at radius 3 is 2.44 bits per heavy atom. The summed E-state index contributed by atoms with van der Waals surface area (Å²) in [7, 11) is 0. The van der Waals surface area contributed by atoms with Gasteiger partial charge in [0.1, 0.15) is 0 Å². The summed E-state index contributed by atoms with van der Waals surface area (Å²) < 4.78 is 0. The summed E-state index contributed by atoms with van der Waals surface area (Å²) >= 11 is 0. The zero-order chi connectivity index (χ0) is 12.1. The zero-order valence-corrected chi connectivity index (χ0v) is 9.06. The van der Waals surface area contributed by atoms with Crippen molar-refractivity contribution in [2.24, 2.45) is 0 Å². The van der Waals surface area contributed by atoms with E-state index in [2.05, 4.69) is 0 Å². The molecule has 0 aliphatic heterocycles. The first kappa shape index (κ1) is 12.2. The van der Waals surface area contributed by atoms with Crippen molar-refractivity contribution in [1.29, 1.82) is 0 Å². The van der Waals surface area contributed by atoms with Gasteiger partial charge in [-0.05, 0) is 30.0 Å². The number of carboxylic acids is 2. The molecule has 0 aromatic heterocycles. The van der Waals surface area contributed by atoms with E-state index >= 15 is 0 Å². The van der Waals surface area contributed by atoms with Gasteiger partial charge in [0.15, 0.2) is 0 Å². The molecule has 4 heteroatoms. The van der Waals surface area contributed by atoms with E-state index < -0.39 is 11.9 Å². The first-order valence-corrected chi connectivity index (χ1v) is 5.11. The van der Waals surface area contributed by atoms with E-state index in [1.54, 1.807) is 12.1 Å². The molecule has 1 aromatic carbocycles. The van der Waals surface area contributed by atoms with E-state index in [1.165, 1.54) is 0 Å². The normalized spacial score (nSPS) is 10.1. The van der Waals surface area contributed by atoms with Crippen LogP contribution in [0.3, 0.4) is 0 Å². The zero-order valence-electron chi connectivity index (χ0n) is 9.06. The van der Waals surface area contributed by atoms with Gasteiger partial charge < -0.3 is 10.2 Å². The van der Waals surface area contributed by atoms with Crippen LogP contribution in [0.15, 0.2) is 18.2 Å². The first-order chi connectivity index (χ1) is 7.54. The highest BCUT2D eigenvalue weighted by Crippen LogP contribution is 2.15. The maximum atomic E-state index is 11.0. The largest absolute Gasteiger partial charge is 0.481 e. The molecular weight excluding hydrogens is 208 g/mol. The van der Waals surface area contributed by atoms with Crippen molar-refractivity contribution in [2.45, 2.75) is 26.2 Å². The molecule has 0 fully saturated rings. The summed E-state index contributed by atoms with van der Waals surface area (Å²) in [4.78, 5) is 21.4. The molecule has 4 nitrogen and oxygen atoms in total. The van der Waals surface area contributed by atoms with Crippen LogP contribution in [0, 0.1) is 0 Å². The van der Waals surface area contributed by atoms with Crippen LogP contribution >= 0.6 is 0 Å². The minimum absolute atomic E-state index is 0.0498. The van der Waals surface area contributed by atoms with Crippen LogP contribution in [0.25, 0.3) is 0 Å². The van der Waals surface area contributed by atoms with Gasteiger partial charge in [-0.25, -0.2) is 4.79 Å². The number of benzene rings is 1. The van der Waals surface area contributed by atoms with Gasteiger partial charge in [0.25, 0.3) is 0 Å². The molecule has 0 unspecified atom stereocenters. The highest BCUT2D eigenvalue weighted by Gasteiger charge is 2.11. The predicted octanol–water partition coefficient (Wildman–Crippen LogP) is 1.96. The van der Waals surface area contributed by atoms with E-state index in [-0.39, 0.29) is 18.4 Å². The van der Waals surface area contributed by atoms with Crippen LogP contribution in [-0.2, 0) is 17.6 Å². The second kappa shape index (κ2) is 5.30. The van der Waals surface area contributed by atoms with Crippen LogP contribution < -0.4 is 0 Å². The van der Waals surface area contributed by atoms with E-state index in [1.807, 2.05) is 13.0 Å². The molecule has 0 aliphatic carbocycles. The number of carbonyl (C=O) groups is 2. The molecule has 1 aromatic rings. The van der Waals surface area contributed by atoms with Crippen LogP contribution in [0.5, 0.6) is 0 Å². The molecule has 0 amide bonds. The van der Waals surface area contributed by atoms with Crippen molar-refractivity contribution >= 4 is 11.9 Å². The Morgan fingerprint density at radius 1 is 1.25 bits per heavy atom. The van der Waals surface area contributed by atoms with Gasteiger partial charge in [-0.1, -0.05) is 19.1 Å². The molecule has 0 heterocycles. The Balaban J connectivity index is 2.98. The first-order valence-electron chi connectivity index (χ1n) is 5.11. The molecular formula is C12H14O4. The molecule has 0 spiro atoms. The molecule has 86 valence electrons. The van der Waals surface area contributed by atoms with Crippen LogP contribution in [0.4, 0.5) is 0 Å². The van der Waals surface area contributed by atoms with E-state index in [4.69, 9.17) is 10.2 Å². The van der Waals surface area contributed by atoms with Crippen molar-refractivity contribution in [3.05, 3.63) is 34.9 Å². The molecule has 1 rings (SSSR count). The van der Waals surface area contributed by atoms with Gasteiger partial charge in [-0.15, -0.1) is 0 Å². The van der Waals surface area contributed by atoms with Crippen molar-refractivity contribution in [3.8, 4) is 0 Å². The highest BCUT2D eigenvalue weighted by atomic mass is 16.4. The van der Waals surface area contributed by atoms with Gasteiger partial charge in [0.05, 0.1) is 5.56 Å². The Hall–Kier alpha value is -1.84. The molecule has 0 radical (unpaired) electrons. The van der Waals surface area contributed by atoms with E-state index in [0.29, 0.717) is 5.56 Å². The minimum atomic E-state index is -1.00. The smallest absolute Gasteiger partial charge is 0.335 e. The summed E-state index contributed by atoms with van der Waals surface area (Å²) in [6.45, 7) is 1.94. The van der Waals surface area contributed by atoms with E-state index in [0.717, 1.165) is 12.0 Å². The summed E-state index contributed by atoms with van der Waals surface area (Å²) in [5.74, 6) is -1.92. The molecule has 0 aliphatic rings. The van der Waals surface area contributed by atoms with E-state index in [9.17, 15) is 9.59 Å². The monoisotopic (exact) mass is 222 g/mol. The number of carboxylic acid groups (broad SMARTS) is 2. The molecule has 0 bridgehead atoms. The van der Waals surface area contributed by atoms with Gasteiger partial charge in [0.2, 0.25) is 0 Å². The third-order valence-corrected chi connectivity index (χ3v) is 2.42. The second-order valence-electron chi connectivity index (χ2n) is 3.54.